The lowest BCUT2D eigenvalue weighted by molar-refractivity contribution is 0.399. The highest BCUT2D eigenvalue weighted by Gasteiger charge is 2.06. The topological polar surface area (TPSA) is 81.7 Å². The van der Waals surface area contributed by atoms with Gasteiger partial charge in [0.2, 0.25) is 0 Å². The van der Waals surface area contributed by atoms with Crippen LogP contribution in [-0.2, 0) is 0 Å². The highest BCUT2D eigenvalue weighted by molar-refractivity contribution is 5.66. The zero-order valence-corrected chi connectivity index (χ0v) is 13.8. The monoisotopic (exact) mass is 332 g/mol. The van der Waals surface area contributed by atoms with Gasteiger partial charge in [0.15, 0.2) is 0 Å². The van der Waals surface area contributed by atoms with Gasteiger partial charge in [-0.2, -0.15) is 5.10 Å². The van der Waals surface area contributed by atoms with Crippen LogP contribution < -0.4 is 5.32 Å². The Kier molecular flexibility index (Phi) is 3.74. The molecule has 0 atom stereocenters. The maximum atomic E-state index is 5.13. The zero-order valence-electron chi connectivity index (χ0n) is 13.8. The molecule has 124 valence electrons. The predicted molar refractivity (Wildman–Crippen MR) is 93.8 cm³/mol. The van der Waals surface area contributed by atoms with E-state index in [9.17, 15) is 0 Å². The Morgan fingerprint density at radius 3 is 2.52 bits per heavy atom. The van der Waals surface area contributed by atoms with Crippen molar-refractivity contribution in [3.05, 3.63) is 66.6 Å². The van der Waals surface area contributed by atoms with Crippen LogP contribution in [0.1, 0.15) is 11.6 Å². The number of pyridine rings is 1. The van der Waals surface area contributed by atoms with Gasteiger partial charge in [0.05, 0.1) is 5.69 Å². The number of nitrogens with zero attached hydrogens (tertiary/aromatic N) is 5. The van der Waals surface area contributed by atoms with Gasteiger partial charge in [0.25, 0.3) is 0 Å². The molecule has 0 saturated heterocycles. The van der Waals surface area contributed by atoms with E-state index in [4.69, 9.17) is 4.52 Å². The number of nitrogens with one attached hydrogen (secondary N) is 1. The second-order valence-corrected chi connectivity index (χ2v) is 5.66. The van der Waals surface area contributed by atoms with E-state index in [0.717, 1.165) is 40.0 Å². The fourth-order valence-electron chi connectivity index (χ4n) is 2.48. The summed E-state index contributed by atoms with van der Waals surface area (Å²) in [5, 5.41) is 11.6. The van der Waals surface area contributed by atoms with Crippen molar-refractivity contribution >= 4 is 11.5 Å². The molecule has 0 spiro atoms. The fourth-order valence-corrected chi connectivity index (χ4v) is 2.48. The molecule has 1 N–H and O–H groups in total. The number of hydrogen-bond donors (Lipinski definition) is 1. The van der Waals surface area contributed by atoms with Crippen molar-refractivity contribution < 1.29 is 4.52 Å². The van der Waals surface area contributed by atoms with E-state index in [1.54, 1.807) is 17.2 Å². The molecule has 0 saturated carbocycles. The van der Waals surface area contributed by atoms with E-state index in [1.165, 1.54) is 0 Å². The molecule has 0 aliphatic rings. The second kappa shape index (κ2) is 6.20. The molecule has 3 aromatic heterocycles. The zero-order chi connectivity index (χ0) is 17.2. The molecule has 0 bridgehead atoms. The molecule has 0 aliphatic carbocycles. The van der Waals surface area contributed by atoms with Gasteiger partial charge in [0, 0.05) is 23.5 Å². The summed E-state index contributed by atoms with van der Waals surface area (Å²) in [6.45, 7) is 3.73. The molecule has 0 unspecified atom stereocenters. The van der Waals surface area contributed by atoms with Crippen LogP contribution in [0.4, 0.5) is 11.5 Å². The van der Waals surface area contributed by atoms with Gasteiger partial charge in [-0.15, -0.1) is 0 Å². The van der Waals surface area contributed by atoms with E-state index in [-0.39, 0.29) is 0 Å². The molecule has 0 radical (unpaired) electrons. The Morgan fingerprint density at radius 1 is 1.00 bits per heavy atom. The second-order valence-electron chi connectivity index (χ2n) is 5.66. The highest BCUT2D eigenvalue weighted by atomic mass is 16.5. The Hall–Kier alpha value is -3.48. The van der Waals surface area contributed by atoms with Crippen LogP contribution in [0.25, 0.3) is 16.9 Å². The average molecular weight is 332 g/mol. The van der Waals surface area contributed by atoms with Crippen LogP contribution in [0.3, 0.4) is 0 Å². The molecule has 1 aromatic carbocycles. The van der Waals surface area contributed by atoms with Crippen molar-refractivity contribution in [1.82, 2.24) is 24.9 Å². The van der Waals surface area contributed by atoms with Crippen molar-refractivity contribution in [2.45, 2.75) is 13.8 Å². The van der Waals surface area contributed by atoms with Crippen molar-refractivity contribution in [2.24, 2.45) is 0 Å². The van der Waals surface area contributed by atoms with Crippen LogP contribution >= 0.6 is 0 Å². The first-order chi connectivity index (χ1) is 12.2. The largest absolute Gasteiger partial charge is 0.361 e. The molecule has 4 rings (SSSR count). The average Bonchev–Trinajstić information content (AvgIpc) is 3.24. The summed E-state index contributed by atoms with van der Waals surface area (Å²) in [6, 6.07) is 13.6. The molecule has 25 heavy (non-hydrogen) atoms. The minimum Gasteiger partial charge on any atom is -0.361 e. The van der Waals surface area contributed by atoms with Crippen molar-refractivity contribution in [3.63, 3.8) is 0 Å². The maximum absolute atomic E-state index is 5.13. The van der Waals surface area contributed by atoms with Crippen LogP contribution in [0.5, 0.6) is 0 Å². The summed E-state index contributed by atoms with van der Waals surface area (Å²) < 4.78 is 6.87. The maximum Gasteiger partial charge on any atom is 0.147 e. The number of aryl methyl sites for hydroxylation is 2. The fraction of sp³-hybridized carbons (Fsp3) is 0.111. The normalized spacial score (nSPS) is 10.8. The Balaban J connectivity index is 1.54. The summed E-state index contributed by atoms with van der Waals surface area (Å²) in [5.74, 6) is 2.26. The summed E-state index contributed by atoms with van der Waals surface area (Å²) in [4.78, 5) is 8.49. The minimum absolute atomic E-state index is 0.738. The number of benzene rings is 1. The van der Waals surface area contributed by atoms with Crippen LogP contribution in [-0.4, -0.2) is 24.9 Å². The summed E-state index contributed by atoms with van der Waals surface area (Å²) in [7, 11) is 0. The smallest absolute Gasteiger partial charge is 0.147 e. The standard InChI is InChI=1S/C18H16N6O/c1-12-9-17(23-25-12)14-7-8-19-18(10-14)21-15-3-5-16(6-4-15)24-11-20-13(2)22-24/h3-11H,1-2H3,(H,19,21). The van der Waals surface area contributed by atoms with Crippen LogP contribution in [0.2, 0.25) is 0 Å². The highest BCUT2D eigenvalue weighted by Crippen LogP contribution is 2.23. The van der Waals surface area contributed by atoms with Gasteiger partial charge in [-0.1, -0.05) is 5.16 Å². The molecule has 7 nitrogen and oxygen atoms in total. The first-order valence-corrected chi connectivity index (χ1v) is 7.83. The molecular weight excluding hydrogens is 316 g/mol. The van der Waals surface area contributed by atoms with Crippen molar-refractivity contribution in [2.75, 3.05) is 5.32 Å². The van der Waals surface area contributed by atoms with E-state index in [1.807, 2.05) is 56.3 Å². The van der Waals surface area contributed by atoms with Gasteiger partial charge < -0.3 is 9.84 Å². The lowest BCUT2D eigenvalue weighted by Gasteiger charge is -2.07. The molecule has 0 amide bonds. The SMILES string of the molecule is Cc1ncn(-c2ccc(Nc3cc(-c4cc(C)on4)ccn3)cc2)n1. The molecule has 4 aromatic rings. The van der Waals surface area contributed by atoms with E-state index < -0.39 is 0 Å². The predicted octanol–water partition coefficient (Wildman–Crippen LogP) is 3.68. The lowest BCUT2D eigenvalue weighted by Crippen LogP contribution is -1.97. The lowest BCUT2D eigenvalue weighted by atomic mass is 10.2. The molecular formula is C18H16N6O. The Morgan fingerprint density at radius 2 is 1.84 bits per heavy atom. The van der Waals surface area contributed by atoms with Gasteiger partial charge in [0.1, 0.15) is 29.4 Å². The number of aromatic nitrogens is 5. The summed E-state index contributed by atoms with van der Waals surface area (Å²) in [5.41, 5.74) is 3.62. The van der Waals surface area contributed by atoms with E-state index in [2.05, 4.69) is 25.5 Å². The first kappa shape index (κ1) is 15.1. The van der Waals surface area contributed by atoms with Gasteiger partial charge >= 0.3 is 0 Å². The number of anilines is 2. The van der Waals surface area contributed by atoms with Crippen molar-refractivity contribution in [1.29, 1.82) is 0 Å². The minimum atomic E-state index is 0.738. The van der Waals surface area contributed by atoms with E-state index >= 15 is 0 Å². The van der Waals surface area contributed by atoms with E-state index in [0.29, 0.717) is 0 Å². The summed E-state index contributed by atoms with van der Waals surface area (Å²) >= 11 is 0. The van der Waals surface area contributed by atoms with Crippen molar-refractivity contribution in [3.8, 4) is 16.9 Å². The molecule has 0 aliphatic heterocycles. The van der Waals surface area contributed by atoms with Crippen LogP contribution in [0.15, 0.2) is 59.5 Å². The van der Waals surface area contributed by atoms with Crippen LogP contribution in [0, 0.1) is 13.8 Å². The Bertz CT molecular complexity index is 1000. The molecule has 0 fully saturated rings. The third-order valence-electron chi connectivity index (χ3n) is 3.69. The third-order valence-corrected chi connectivity index (χ3v) is 3.69. The molecule has 3 heterocycles. The Labute approximate surface area is 144 Å². The number of hydrogen-bond acceptors (Lipinski definition) is 6. The van der Waals surface area contributed by atoms with Gasteiger partial charge in [-0.05, 0) is 50.2 Å². The third kappa shape index (κ3) is 3.25. The number of rotatable bonds is 4. The summed E-state index contributed by atoms with van der Waals surface area (Å²) in [6.07, 6.45) is 3.44. The quantitative estimate of drug-likeness (QED) is 0.614. The van der Waals surface area contributed by atoms with Gasteiger partial charge in [-0.3, -0.25) is 0 Å². The molecule has 7 heteroatoms. The van der Waals surface area contributed by atoms with Gasteiger partial charge in [-0.25, -0.2) is 14.6 Å². The first-order valence-electron chi connectivity index (χ1n) is 7.83.